The van der Waals surface area contributed by atoms with Crippen molar-refractivity contribution in [2.24, 2.45) is 11.8 Å². The number of halogens is 1. The molecular weight excluding hydrogens is 380 g/mol. The Morgan fingerprint density at radius 1 is 1.21 bits per heavy atom. The number of carbonyl (C=O) groups is 2. The summed E-state index contributed by atoms with van der Waals surface area (Å²) in [5.74, 6) is 0.674. The second-order valence-corrected chi connectivity index (χ2v) is 8.52. The lowest BCUT2D eigenvalue weighted by molar-refractivity contribution is -0.138. The lowest BCUT2D eigenvalue weighted by atomic mass is 9.90. The first-order valence-electron chi connectivity index (χ1n) is 9.96. The van der Waals surface area contributed by atoms with E-state index in [0.717, 1.165) is 44.4 Å². The maximum atomic E-state index is 13.0. The zero-order valence-corrected chi connectivity index (χ0v) is 16.3. The van der Waals surface area contributed by atoms with E-state index in [-0.39, 0.29) is 29.7 Å². The van der Waals surface area contributed by atoms with E-state index < -0.39 is 0 Å². The van der Waals surface area contributed by atoms with Gasteiger partial charge in [0.1, 0.15) is 5.52 Å². The molecule has 1 N–H and O–H groups in total. The molecule has 3 saturated heterocycles. The van der Waals surface area contributed by atoms with E-state index in [0.29, 0.717) is 29.6 Å². The van der Waals surface area contributed by atoms with Gasteiger partial charge >= 0.3 is 0 Å². The molecule has 4 heterocycles. The minimum Gasteiger partial charge on any atom is -0.423 e. The third-order valence-electron chi connectivity index (χ3n) is 6.29. The SMILES string of the molecule is O=C1C[C@@H]2CN(C(=O)C3CCN(c4nc5ccc(Cl)cc5o4)CC3)CC[C@@H]2N1. The van der Waals surface area contributed by atoms with Crippen molar-refractivity contribution >= 4 is 40.5 Å². The summed E-state index contributed by atoms with van der Waals surface area (Å²) in [6.45, 7) is 2.94. The molecule has 0 unspecified atom stereocenters. The standard InChI is InChI=1S/C20H23ClN4O3/c21-14-1-2-16-17(10-14)28-20(23-16)24-6-3-12(4-7-24)19(27)25-8-5-15-13(11-25)9-18(26)22-15/h1-2,10,12-13,15H,3-9,11H2,(H,22,26)/t13-,15+/m1/s1. The first-order valence-corrected chi connectivity index (χ1v) is 10.3. The molecular formula is C20H23ClN4O3. The quantitative estimate of drug-likeness (QED) is 0.834. The smallest absolute Gasteiger partial charge is 0.298 e. The van der Waals surface area contributed by atoms with E-state index in [9.17, 15) is 9.59 Å². The highest BCUT2D eigenvalue weighted by Gasteiger charge is 2.40. The second-order valence-electron chi connectivity index (χ2n) is 8.08. The van der Waals surface area contributed by atoms with E-state index >= 15 is 0 Å². The Labute approximate surface area is 168 Å². The van der Waals surface area contributed by atoms with Crippen molar-refractivity contribution in [3.8, 4) is 0 Å². The third-order valence-corrected chi connectivity index (χ3v) is 6.53. The van der Waals surface area contributed by atoms with Crippen molar-refractivity contribution in [1.29, 1.82) is 0 Å². The number of carbonyl (C=O) groups excluding carboxylic acids is 2. The van der Waals surface area contributed by atoms with E-state index in [2.05, 4.69) is 15.2 Å². The molecule has 2 aromatic rings. The number of anilines is 1. The predicted molar refractivity (Wildman–Crippen MR) is 105 cm³/mol. The van der Waals surface area contributed by atoms with E-state index in [4.69, 9.17) is 16.0 Å². The lowest BCUT2D eigenvalue weighted by Gasteiger charge is -2.38. The topological polar surface area (TPSA) is 78.7 Å². The van der Waals surface area contributed by atoms with Crippen LogP contribution in [0.25, 0.3) is 11.1 Å². The Balaban J connectivity index is 1.20. The van der Waals surface area contributed by atoms with Crippen LogP contribution in [0, 0.1) is 11.8 Å². The summed E-state index contributed by atoms with van der Waals surface area (Å²) >= 11 is 6.02. The van der Waals surface area contributed by atoms with E-state index in [1.807, 2.05) is 11.0 Å². The van der Waals surface area contributed by atoms with Gasteiger partial charge in [0, 0.05) is 61.6 Å². The number of benzene rings is 1. The molecule has 1 aromatic carbocycles. The molecule has 148 valence electrons. The number of likely N-dealkylation sites (tertiary alicyclic amines) is 1. The van der Waals surface area contributed by atoms with Crippen LogP contribution in [0.15, 0.2) is 22.6 Å². The number of oxazole rings is 1. The van der Waals surface area contributed by atoms with Gasteiger partial charge < -0.3 is 19.5 Å². The monoisotopic (exact) mass is 402 g/mol. The number of hydrogen-bond acceptors (Lipinski definition) is 5. The number of piperidine rings is 2. The van der Waals surface area contributed by atoms with Gasteiger partial charge in [0.25, 0.3) is 6.01 Å². The average molecular weight is 403 g/mol. The van der Waals surface area contributed by atoms with Crippen molar-refractivity contribution < 1.29 is 14.0 Å². The highest BCUT2D eigenvalue weighted by Crippen LogP contribution is 2.31. The molecule has 3 fully saturated rings. The average Bonchev–Trinajstić information content (AvgIpc) is 3.28. The van der Waals surface area contributed by atoms with Crippen LogP contribution >= 0.6 is 11.6 Å². The summed E-state index contributed by atoms with van der Waals surface area (Å²) in [7, 11) is 0. The summed E-state index contributed by atoms with van der Waals surface area (Å²) in [5.41, 5.74) is 1.48. The largest absolute Gasteiger partial charge is 0.423 e. The molecule has 7 nitrogen and oxygen atoms in total. The first-order chi connectivity index (χ1) is 13.6. The van der Waals surface area contributed by atoms with Crippen molar-refractivity contribution in [1.82, 2.24) is 15.2 Å². The van der Waals surface area contributed by atoms with Gasteiger partial charge in [-0.2, -0.15) is 4.98 Å². The predicted octanol–water partition coefficient (Wildman–Crippen LogP) is 2.43. The molecule has 28 heavy (non-hydrogen) atoms. The minimum atomic E-state index is 0.0386. The van der Waals surface area contributed by atoms with Crippen LogP contribution in [0.5, 0.6) is 0 Å². The van der Waals surface area contributed by atoms with Crippen LogP contribution in [-0.4, -0.2) is 53.9 Å². The fourth-order valence-electron chi connectivity index (χ4n) is 4.73. The summed E-state index contributed by atoms with van der Waals surface area (Å²) in [6.07, 6.45) is 3.00. The number of hydrogen-bond donors (Lipinski definition) is 1. The molecule has 0 spiro atoms. The van der Waals surface area contributed by atoms with Gasteiger partial charge in [-0.3, -0.25) is 9.59 Å². The number of nitrogens with one attached hydrogen (secondary N) is 1. The number of aromatic nitrogens is 1. The summed E-state index contributed by atoms with van der Waals surface area (Å²) in [4.78, 5) is 33.2. The summed E-state index contributed by atoms with van der Waals surface area (Å²) in [6, 6.07) is 6.28. The molecule has 1 aromatic heterocycles. The zero-order valence-electron chi connectivity index (χ0n) is 15.6. The number of rotatable bonds is 2. The Hall–Kier alpha value is -2.28. The Morgan fingerprint density at radius 3 is 2.86 bits per heavy atom. The van der Waals surface area contributed by atoms with Gasteiger partial charge in [-0.25, -0.2) is 0 Å². The maximum absolute atomic E-state index is 13.0. The highest BCUT2D eigenvalue weighted by molar-refractivity contribution is 6.31. The van der Waals surface area contributed by atoms with Crippen LogP contribution in [0.2, 0.25) is 5.02 Å². The Kier molecular flexibility index (Phi) is 4.42. The zero-order chi connectivity index (χ0) is 19.3. The highest BCUT2D eigenvalue weighted by atomic mass is 35.5. The van der Waals surface area contributed by atoms with Gasteiger partial charge in [-0.05, 0) is 31.4 Å². The van der Waals surface area contributed by atoms with Gasteiger partial charge in [-0.15, -0.1) is 0 Å². The molecule has 0 aliphatic carbocycles. The van der Waals surface area contributed by atoms with Crippen molar-refractivity contribution in [3.05, 3.63) is 23.2 Å². The Morgan fingerprint density at radius 2 is 2.04 bits per heavy atom. The van der Waals surface area contributed by atoms with Gasteiger partial charge in [0.05, 0.1) is 0 Å². The molecule has 0 saturated carbocycles. The molecule has 3 aliphatic rings. The van der Waals surface area contributed by atoms with Crippen molar-refractivity contribution in [2.45, 2.75) is 31.7 Å². The maximum Gasteiger partial charge on any atom is 0.298 e. The van der Waals surface area contributed by atoms with Crippen LogP contribution in [-0.2, 0) is 9.59 Å². The molecule has 0 bridgehead atoms. The Bertz CT molecular complexity index is 921. The van der Waals surface area contributed by atoms with Crippen molar-refractivity contribution in [3.63, 3.8) is 0 Å². The minimum absolute atomic E-state index is 0.0386. The molecule has 2 amide bonds. The number of nitrogens with zero attached hydrogens (tertiary/aromatic N) is 3. The third kappa shape index (κ3) is 3.21. The summed E-state index contributed by atoms with van der Waals surface area (Å²) < 4.78 is 5.85. The van der Waals surface area contributed by atoms with Gasteiger partial charge in [0.2, 0.25) is 11.8 Å². The van der Waals surface area contributed by atoms with E-state index in [1.165, 1.54) is 0 Å². The lowest BCUT2D eigenvalue weighted by Crippen LogP contribution is -2.50. The van der Waals surface area contributed by atoms with E-state index in [1.54, 1.807) is 12.1 Å². The van der Waals surface area contributed by atoms with Crippen LogP contribution in [0.3, 0.4) is 0 Å². The van der Waals surface area contributed by atoms with Gasteiger partial charge in [-0.1, -0.05) is 11.6 Å². The molecule has 0 radical (unpaired) electrons. The number of fused-ring (bicyclic) bond motifs is 2. The fraction of sp³-hybridized carbons (Fsp3) is 0.550. The molecule has 8 heteroatoms. The molecule has 2 atom stereocenters. The van der Waals surface area contributed by atoms with Crippen LogP contribution in [0.1, 0.15) is 25.7 Å². The normalized spacial score (nSPS) is 25.8. The van der Waals surface area contributed by atoms with Crippen molar-refractivity contribution in [2.75, 3.05) is 31.1 Å². The van der Waals surface area contributed by atoms with Crippen LogP contribution < -0.4 is 10.2 Å². The molecule has 3 aliphatic heterocycles. The first kappa shape index (κ1) is 17.8. The van der Waals surface area contributed by atoms with Gasteiger partial charge in [0.15, 0.2) is 5.58 Å². The van der Waals surface area contributed by atoms with Crippen LogP contribution in [0.4, 0.5) is 6.01 Å². The summed E-state index contributed by atoms with van der Waals surface area (Å²) in [5, 5.41) is 3.65. The second kappa shape index (κ2) is 6.95. The fourth-order valence-corrected chi connectivity index (χ4v) is 4.89. The molecule has 5 rings (SSSR count). The number of amides is 2.